The van der Waals surface area contributed by atoms with E-state index in [4.69, 9.17) is 11.6 Å². The van der Waals surface area contributed by atoms with E-state index in [-0.39, 0.29) is 23.0 Å². The number of alkyl halides is 3. The first-order valence-electron chi connectivity index (χ1n) is 8.31. The second kappa shape index (κ2) is 7.79. The zero-order valence-corrected chi connectivity index (χ0v) is 15.9. The Morgan fingerprint density at radius 3 is 2.26 bits per heavy atom. The smallest absolute Gasteiger partial charge is 0.296 e. The van der Waals surface area contributed by atoms with Gasteiger partial charge in [0, 0.05) is 32.7 Å². The zero-order valence-electron chi connectivity index (χ0n) is 14.3. The number of halogens is 4. The molecule has 1 aliphatic rings. The third-order valence-electron chi connectivity index (χ3n) is 4.45. The van der Waals surface area contributed by atoms with Crippen molar-refractivity contribution in [3.05, 3.63) is 64.7 Å². The van der Waals surface area contributed by atoms with Crippen LogP contribution >= 0.6 is 11.6 Å². The quantitative estimate of drug-likeness (QED) is 0.757. The van der Waals surface area contributed by atoms with Crippen molar-refractivity contribution in [2.24, 2.45) is 0 Å². The van der Waals surface area contributed by atoms with E-state index in [0.717, 1.165) is 12.1 Å². The largest absolute Gasteiger partial charge is 0.416 e. The van der Waals surface area contributed by atoms with Crippen molar-refractivity contribution in [3.63, 3.8) is 0 Å². The van der Waals surface area contributed by atoms with Gasteiger partial charge in [0.15, 0.2) is 0 Å². The summed E-state index contributed by atoms with van der Waals surface area (Å²) in [5, 5.41) is 0.170. The zero-order chi connectivity index (χ0) is 19.7. The van der Waals surface area contributed by atoms with Crippen molar-refractivity contribution in [1.82, 2.24) is 9.21 Å². The highest BCUT2D eigenvalue weighted by molar-refractivity contribution is 7.89. The average molecular weight is 419 g/mol. The molecule has 2 aromatic carbocycles. The first kappa shape index (κ1) is 20.1. The summed E-state index contributed by atoms with van der Waals surface area (Å²) in [5.74, 6) is 0. The molecule has 1 saturated heterocycles. The molecule has 3 rings (SSSR count). The van der Waals surface area contributed by atoms with Crippen LogP contribution in [-0.4, -0.2) is 43.8 Å². The maximum absolute atomic E-state index is 12.8. The molecule has 9 heteroatoms. The Balaban J connectivity index is 1.65. The molecular formula is C18H18ClF3N2O2S. The highest BCUT2D eigenvalue weighted by Crippen LogP contribution is 2.30. The van der Waals surface area contributed by atoms with E-state index in [9.17, 15) is 21.6 Å². The van der Waals surface area contributed by atoms with Gasteiger partial charge in [0.05, 0.1) is 10.6 Å². The van der Waals surface area contributed by atoms with Crippen molar-refractivity contribution in [3.8, 4) is 0 Å². The molecule has 0 spiro atoms. The van der Waals surface area contributed by atoms with E-state index in [1.54, 1.807) is 18.2 Å². The molecular weight excluding hydrogens is 401 g/mol. The Hall–Kier alpha value is -1.61. The van der Waals surface area contributed by atoms with Crippen molar-refractivity contribution in [2.75, 3.05) is 26.2 Å². The highest BCUT2D eigenvalue weighted by atomic mass is 35.5. The molecule has 0 aliphatic carbocycles. The summed E-state index contributed by atoms with van der Waals surface area (Å²) >= 11 is 6.01. The van der Waals surface area contributed by atoms with E-state index in [2.05, 4.69) is 0 Å². The Kier molecular flexibility index (Phi) is 5.81. The number of benzene rings is 2. The molecule has 1 fully saturated rings. The van der Waals surface area contributed by atoms with Crippen molar-refractivity contribution in [2.45, 2.75) is 17.6 Å². The summed E-state index contributed by atoms with van der Waals surface area (Å²) in [5.41, 5.74) is -0.132. The van der Waals surface area contributed by atoms with Crippen LogP contribution in [0.15, 0.2) is 53.4 Å². The van der Waals surface area contributed by atoms with Gasteiger partial charge in [-0.2, -0.15) is 17.5 Å². The molecule has 1 aliphatic heterocycles. The second-order valence-electron chi connectivity index (χ2n) is 6.31. The lowest BCUT2D eigenvalue weighted by molar-refractivity contribution is -0.137. The topological polar surface area (TPSA) is 40.6 Å². The summed E-state index contributed by atoms with van der Waals surface area (Å²) in [6, 6.07) is 11.5. The van der Waals surface area contributed by atoms with Crippen molar-refractivity contribution in [1.29, 1.82) is 0 Å². The number of rotatable bonds is 4. The SMILES string of the molecule is O=S(=O)(c1ccccc1Cl)N1CCN(Cc2cccc(C(F)(F)F)c2)CC1. The van der Waals surface area contributed by atoms with Gasteiger partial charge in [-0.05, 0) is 23.8 Å². The molecule has 2 aromatic rings. The highest BCUT2D eigenvalue weighted by Gasteiger charge is 2.32. The third kappa shape index (κ3) is 4.63. The van der Waals surface area contributed by atoms with Crippen LogP contribution in [-0.2, 0) is 22.7 Å². The third-order valence-corrected chi connectivity index (χ3v) is 6.84. The summed E-state index contributed by atoms with van der Waals surface area (Å²) in [6.45, 7) is 1.71. The standard InChI is InChI=1S/C18H18ClF3N2O2S/c19-16-6-1-2-7-17(16)27(25,26)24-10-8-23(9-11-24)13-14-4-3-5-15(12-14)18(20,21)22/h1-7,12H,8-11,13H2. The minimum Gasteiger partial charge on any atom is -0.296 e. The van der Waals surface area contributed by atoms with Crippen LogP contribution in [0, 0.1) is 0 Å². The molecule has 1 heterocycles. The van der Waals surface area contributed by atoms with Gasteiger partial charge in [0.1, 0.15) is 4.90 Å². The molecule has 0 bridgehead atoms. The maximum atomic E-state index is 12.8. The van der Waals surface area contributed by atoms with Gasteiger partial charge in [-0.15, -0.1) is 0 Å². The number of nitrogens with zero attached hydrogens (tertiary/aromatic N) is 2. The van der Waals surface area contributed by atoms with Gasteiger partial charge in [0.2, 0.25) is 10.0 Å². The predicted molar refractivity (Wildman–Crippen MR) is 96.9 cm³/mol. The van der Waals surface area contributed by atoms with Crippen molar-refractivity contribution >= 4 is 21.6 Å². The van der Waals surface area contributed by atoms with Crippen LogP contribution in [0.4, 0.5) is 13.2 Å². The van der Waals surface area contributed by atoms with Gasteiger partial charge in [-0.3, -0.25) is 4.90 Å². The summed E-state index contributed by atoms with van der Waals surface area (Å²) in [6.07, 6.45) is -4.38. The first-order chi connectivity index (χ1) is 12.7. The summed E-state index contributed by atoms with van der Waals surface area (Å²) in [7, 11) is -3.69. The molecule has 0 saturated carbocycles. The van der Waals surface area contributed by atoms with Crippen LogP contribution in [0.3, 0.4) is 0 Å². The molecule has 0 unspecified atom stereocenters. The van der Waals surface area contributed by atoms with Gasteiger partial charge in [-0.25, -0.2) is 8.42 Å². The lowest BCUT2D eigenvalue weighted by Gasteiger charge is -2.34. The number of sulfonamides is 1. The van der Waals surface area contributed by atoms with Gasteiger partial charge in [0.25, 0.3) is 0 Å². The van der Waals surface area contributed by atoms with Crippen LogP contribution in [0.5, 0.6) is 0 Å². The molecule has 27 heavy (non-hydrogen) atoms. The van der Waals surface area contributed by atoms with Crippen LogP contribution in [0.1, 0.15) is 11.1 Å². The predicted octanol–water partition coefficient (Wildman–Crippen LogP) is 3.87. The van der Waals surface area contributed by atoms with Crippen molar-refractivity contribution < 1.29 is 21.6 Å². The second-order valence-corrected chi connectivity index (χ2v) is 8.62. The summed E-state index contributed by atoms with van der Waals surface area (Å²) < 4.78 is 65.3. The molecule has 146 valence electrons. The van der Waals surface area contributed by atoms with Crippen LogP contribution < -0.4 is 0 Å². The fourth-order valence-electron chi connectivity index (χ4n) is 3.03. The number of hydrogen-bond donors (Lipinski definition) is 0. The van der Waals surface area contributed by atoms with Gasteiger partial charge < -0.3 is 0 Å². The van der Waals surface area contributed by atoms with E-state index >= 15 is 0 Å². The number of hydrogen-bond acceptors (Lipinski definition) is 3. The van der Waals surface area contributed by atoms with Crippen LogP contribution in [0.2, 0.25) is 5.02 Å². The fourth-order valence-corrected chi connectivity index (χ4v) is 4.94. The van der Waals surface area contributed by atoms with E-state index in [1.807, 2.05) is 4.90 Å². The molecule has 0 amide bonds. The lowest BCUT2D eigenvalue weighted by Crippen LogP contribution is -2.48. The van der Waals surface area contributed by atoms with Gasteiger partial charge in [-0.1, -0.05) is 41.9 Å². The first-order valence-corrected chi connectivity index (χ1v) is 10.1. The molecule has 0 atom stereocenters. The van der Waals surface area contributed by atoms with E-state index in [1.165, 1.54) is 22.5 Å². The molecule has 0 aromatic heterocycles. The summed E-state index contributed by atoms with van der Waals surface area (Å²) in [4.78, 5) is 2.01. The molecule has 0 N–H and O–H groups in total. The molecule has 0 radical (unpaired) electrons. The lowest BCUT2D eigenvalue weighted by atomic mass is 10.1. The Morgan fingerprint density at radius 1 is 0.963 bits per heavy atom. The van der Waals surface area contributed by atoms with E-state index in [0.29, 0.717) is 25.2 Å². The fraction of sp³-hybridized carbons (Fsp3) is 0.333. The normalized spacial score (nSPS) is 17.2. The number of piperazine rings is 1. The Bertz CT molecular complexity index is 911. The Morgan fingerprint density at radius 2 is 1.63 bits per heavy atom. The monoisotopic (exact) mass is 418 g/mol. The van der Waals surface area contributed by atoms with E-state index < -0.39 is 21.8 Å². The molecule has 4 nitrogen and oxygen atoms in total. The van der Waals surface area contributed by atoms with Crippen LogP contribution in [0.25, 0.3) is 0 Å². The van der Waals surface area contributed by atoms with Gasteiger partial charge >= 0.3 is 6.18 Å². The minimum atomic E-state index is -4.38. The minimum absolute atomic E-state index is 0.0676. The average Bonchev–Trinajstić information content (AvgIpc) is 2.62. The maximum Gasteiger partial charge on any atom is 0.416 e. The Labute approximate surface area is 161 Å².